The van der Waals surface area contributed by atoms with Gasteiger partial charge in [0.15, 0.2) is 4.90 Å². The molecule has 2 aromatic rings. The molecule has 7 rings (SSSR count). The third-order valence-corrected chi connectivity index (χ3v) is 11.6. The van der Waals surface area contributed by atoms with Gasteiger partial charge in [0, 0.05) is 41.1 Å². The number of thiol groups is 1. The van der Waals surface area contributed by atoms with Crippen LogP contribution in [0.15, 0.2) is 65.6 Å². The molecule has 0 aliphatic heterocycles. The molecule has 4 bridgehead atoms. The maximum atomic E-state index is 6.28. The van der Waals surface area contributed by atoms with E-state index in [1.54, 1.807) is 5.56 Å². The lowest BCUT2D eigenvalue weighted by Crippen LogP contribution is -2.64. The summed E-state index contributed by atoms with van der Waals surface area (Å²) < 4.78 is 0. The van der Waals surface area contributed by atoms with Crippen LogP contribution in [0.2, 0.25) is 0 Å². The molecule has 5 fully saturated rings. The molecule has 3 N–H and O–H groups in total. The Kier molecular flexibility index (Phi) is 5.83. The van der Waals surface area contributed by atoms with Gasteiger partial charge in [0.05, 0.1) is 4.99 Å². The zero-order chi connectivity index (χ0) is 22.5. The highest BCUT2D eigenvalue weighted by Gasteiger charge is 2.65. The Labute approximate surface area is 208 Å². The number of nitrogens with one attached hydrogen (secondary N) is 1. The fourth-order valence-electron chi connectivity index (χ4n) is 8.02. The van der Waals surface area contributed by atoms with Crippen LogP contribution in [0, 0.1) is 17.3 Å². The minimum atomic E-state index is 0.180. The number of hydrogen-bond donors (Lipinski definition) is 2. The fourth-order valence-corrected chi connectivity index (χ4v) is 9.95. The number of benzene rings is 2. The van der Waals surface area contributed by atoms with Crippen LogP contribution in [-0.4, -0.2) is 22.3 Å². The van der Waals surface area contributed by atoms with Crippen LogP contribution in [0.4, 0.5) is 0 Å². The zero-order valence-electron chi connectivity index (χ0n) is 19.5. The van der Waals surface area contributed by atoms with Crippen molar-refractivity contribution >= 4 is 29.0 Å². The first-order valence-corrected chi connectivity index (χ1v) is 14.3. The quantitative estimate of drug-likeness (QED) is 0.336. The maximum Gasteiger partial charge on any atom is 0.152 e. The lowest BCUT2D eigenvalue weighted by molar-refractivity contribution is -0.0300. The largest absolute Gasteiger partial charge is 0.376 e. The van der Waals surface area contributed by atoms with E-state index in [9.17, 15) is 0 Å². The SMILES string of the molecule is NC1CCC(NC(=S)C23CC4CC(c5ccccc5)(CC(C2)C4[SH+]c2ccccc2)C3)CC1. The lowest BCUT2D eigenvalue weighted by atomic mass is 9.42. The second-order valence-electron chi connectivity index (χ2n) is 11.5. The van der Waals surface area contributed by atoms with Gasteiger partial charge in [-0.1, -0.05) is 60.7 Å². The van der Waals surface area contributed by atoms with Gasteiger partial charge in [-0.05, 0) is 80.9 Å². The summed E-state index contributed by atoms with van der Waals surface area (Å²) in [6.45, 7) is 0. The van der Waals surface area contributed by atoms with Crippen molar-refractivity contribution in [2.75, 3.05) is 0 Å². The second kappa shape index (κ2) is 8.70. The number of hydrogen-bond acceptors (Lipinski definition) is 2. The van der Waals surface area contributed by atoms with E-state index in [1.165, 1.54) is 66.6 Å². The van der Waals surface area contributed by atoms with E-state index in [0.29, 0.717) is 17.5 Å². The third kappa shape index (κ3) is 4.06. The van der Waals surface area contributed by atoms with E-state index in [1.807, 2.05) is 0 Å². The minimum absolute atomic E-state index is 0.180. The molecule has 0 aromatic heterocycles. The summed E-state index contributed by atoms with van der Waals surface area (Å²) in [7, 11) is 0. The first kappa shape index (κ1) is 22.1. The standard InChI is InChI=1S/C29H36N2S2/c30-23-11-13-24(14-12-23)31-27(32)29-17-20-15-28(19-29,22-7-3-1-4-8-22)16-21(18-29)26(20)33-25-9-5-2-6-10-25/h1-10,20-21,23-24,26H,11-19,30H2,(H,31,32)/p+1. The van der Waals surface area contributed by atoms with Gasteiger partial charge in [0.2, 0.25) is 0 Å². The molecule has 2 nitrogen and oxygen atoms in total. The average molecular weight is 478 g/mol. The van der Waals surface area contributed by atoms with E-state index in [-0.39, 0.29) is 5.41 Å². The zero-order valence-corrected chi connectivity index (χ0v) is 21.2. The summed E-state index contributed by atoms with van der Waals surface area (Å²) in [5, 5.41) is 4.67. The molecule has 2 aromatic carbocycles. The van der Waals surface area contributed by atoms with Gasteiger partial charge in [-0.25, -0.2) is 0 Å². The Morgan fingerprint density at radius 3 is 2.09 bits per heavy atom. The van der Waals surface area contributed by atoms with Crippen LogP contribution >= 0.6 is 12.2 Å². The lowest BCUT2D eigenvalue weighted by Gasteiger charge is -2.63. The molecule has 2 unspecified atom stereocenters. The van der Waals surface area contributed by atoms with E-state index in [4.69, 9.17) is 18.0 Å². The molecule has 5 aliphatic rings. The predicted molar refractivity (Wildman–Crippen MR) is 144 cm³/mol. The molecule has 2 atom stereocenters. The first-order chi connectivity index (χ1) is 16.1. The molecule has 5 saturated carbocycles. The van der Waals surface area contributed by atoms with Crippen LogP contribution < -0.4 is 11.1 Å². The average Bonchev–Trinajstić information content (AvgIpc) is 2.84. The van der Waals surface area contributed by atoms with E-state index >= 15 is 0 Å². The van der Waals surface area contributed by atoms with Crippen molar-refractivity contribution in [1.82, 2.24) is 5.32 Å². The van der Waals surface area contributed by atoms with Gasteiger partial charge in [-0.3, -0.25) is 0 Å². The summed E-state index contributed by atoms with van der Waals surface area (Å²) in [5.74, 6) is 1.51. The van der Waals surface area contributed by atoms with Crippen LogP contribution in [0.1, 0.15) is 63.4 Å². The molecular weight excluding hydrogens is 440 g/mol. The molecule has 174 valence electrons. The van der Waals surface area contributed by atoms with Crippen molar-refractivity contribution in [2.45, 2.75) is 85.4 Å². The fraction of sp³-hybridized carbons (Fsp3) is 0.552. The molecule has 0 amide bonds. The highest BCUT2D eigenvalue weighted by molar-refractivity contribution is 7.80. The van der Waals surface area contributed by atoms with E-state index in [0.717, 1.165) is 29.9 Å². The Bertz CT molecular complexity index is 967. The Morgan fingerprint density at radius 2 is 1.45 bits per heavy atom. The highest BCUT2D eigenvalue weighted by Crippen LogP contribution is 2.66. The van der Waals surface area contributed by atoms with Crippen molar-refractivity contribution in [1.29, 1.82) is 0 Å². The van der Waals surface area contributed by atoms with Crippen LogP contribution in [0.5, 0.6) is 0 Å². The van der Waals surface area contributed by atoms with Crippen molar-refractivity contribution < 1.29 is 0 Å². The number of rotatable bonds is 5. The molecule has 0 spiro atoms. The van der Waals surface area contributed by atoms with Crippen molar-refractivity contribution in [3.8, 4) is 0 Å². The van der Waals surface area contributed by atoms with Crippen molar-refractivity contribution in [2.24, 2.45) is 23.0 Å². The van der Waals surface area contributed by atoms with Gasteiger partial charge in [-0.15, -0.1) is 0 Å². The Morgan fingerprint density at radius 1 is 0.848 bits per heavy atom. The van der Waals surface area contributed by atoms with Crippen LogP contribution in [0.25, 0.3) is 0 Å². The van der Waals surface area contributed by atoms with Gasteiger partial charge < -0.3 is 11.1 Å². The summed E-state index contributed by atoms with van der Waals surface area (Å²) in [5.41, 5.74) is 8.22. The van der Waals surface area contributed by atoms with Crippen LogP contribution in [0.3, 0.4) is 0 Å². The predicted octanol–water partition coefficient (Wildman–Crippen LogP) is 5.56. The molecule has 0 radical (unpaired) electrons. The number of thiocarbonyl (C=S) groups is 1. The van der Waals surface area contributed by atoms with Crippen molar-refractivity contribution in [3.63, 3.8) is 0 Å². The monoisotopic (exact) mass is 477 g/mol. The minimum Gasteiger partial charge on any atom is -0.376 e. The van der Waals surface area contributed by atoms with Crippen molar-refractivity contribution in [3.05, 3.63) is 66.2 Å². The van der Waals surface area contributed by atoms with E-state index in [2.05, 4.69) is 66.0 Å². The molecular formula is C29H37N2S2+. The smallest absolute Gasteiger partial charge is 0.152 e. The maximum absolute atomic E-state index is 6.28. The molecule has 0 heterocycles. The Hall–Kier alpha value is -1.36. The van der Waals surface area contributed by atoms with E-state index < -0.39 is 0 Å². The second-order valence-corrected chi connectivity index (χ2v) is 13.3. The van der Waals surface area contributed by atoms with Gasteiger partial charge >= 0.3 is 0 Å². The highest BCUT2D eigenvalue weighted by atomic mass is 32.2. The first-order valence-electron chi connectivity index (χ1n) is 12.9. The van der Waals surface area contributed by atoms with Gasteiger partial charge in [-0.2, -0.15) is 0 Å². The summed E-state index contributed by atoms with van der Waals surface area (Å²) in [6.07, 6.45) is 11.1. The normalized spacial score (nSPS) is 39.4. The number of nitrogens with two attached hydrogens (primary N) is 1. The summed E-state index contributed by atoms with van der Waals surface area (Å²) in [4.78, 5) is 2.67. The topological polar surface area (TPSA) is 38.0 Å². The Balaban J connectivity index is 1.29. The molecule has 33 heavy (non-hydrogen) atoms. The van der Waals surface area contributed by atoms with Crippen LogP contribution in [-0.2, 0) is 17.2 Å². The van der Waals surface area contributed by atoms with Gasteiger partial charge in [0.1, 0.15) is 5.25 Å². The molecule has 5 aliphatic carbocycles. The summed E-state index contributed by atoms with van der Waals surface area (Å²) >= 11 is 7.82. The molecule has 4 heteroatoms. The summed E-state index contributed by atoms with van der Waals surface area (Å²) in [6, 6.07) is 23.5. The molecule has 0 saturated heterocycles. The van der Waals surface area contributed by atoms with Gasteiger partial charge in [0.25, 0.3) is 0 Å². The third-order valence-electron chi connectivity index (χ3n) is 9.28.